The van der Waals surface area contributed by atoms with Crippen molar-refractivity contribution in [1.82, 2.24) is 4.98 Å². The molecule has 24 heavy (non-hydrogen) atoms. The molecule has 1 aromatic heterocycles. The number of aryl methyl sites for hydroxylation is 4. The summed E-state index contributed by atoms with van der Waals surface area (Å²) < 4.78 is 0. The van der Waals surface area contributed by atoms with Crippen LogP contribution >= 0.6 is 0 Å². The molecule has 1 nitrogen and oxygen atoms in total. The Hall–Kier alpha value is -2.67. The first-order chi connectivity index (χ1) is 11.5. The van der Waals surface area contributed by atoms with E-state index in [1.54, 1.807) is 0 Å². The maximum Gasteiger partial charge on any atom is 0.0786 e. The molecule has 1 heterocycles. The summed E-state index contributed by atoms with van der Waals surface area (Å²) in [6.07, 6.45) is 1.93. The molecule has 3 aromatic carbocycles. The average molecular weight is 311 g/mol. The van der Waals surface area contributed by atoms with Crippen LogP contribution in [0.4, 0.5) is 0 Å². The van der Waals surface area contributed by atoms with Crippen LogP contribution in [-0.2, 0) is 0 Å². The number of aromatic nitrogens is 1. The summed E-state index contributed by atoms with van der Waals surface area (Å²) in [7, 11) is 0. The first-order valence-electron chi connectivity index (χ1n) is 8.41. The SMILES string of the molecule is Cc1cc(C)cc(-c2nccc3cc(C)c4c(C)cccc4c23)c1. The lowest BCUT2D eigenvalue weighted by Crippen LogP contribution is -1.92. The van der Waals surface area contributed by atoms with Gasteiger partial charge in [0.1, 0.15) is 0 Å². The van der Waals surface area contributed by atoms with E-state index in [9.17, 15) is 0 Å². The van der Waals surface area contributed by atoms with Crippen molar-refractivity contribution in [2.24, 2.45) is 0 Å². The van der Waals surface area contributed by atoms with E-state index in [2.05, 4.69) is 76.2 Å². The molecule has 4 aromatic rings. The number of rotatable bonds is 1. The van der Waals surface area contributed by atoms with Crippen molar-refractivity contribution >= 4 is 21.5 Å². The summed E-state index contributed by atoms with van der Waals surface area (Å²) >= 11 is 0. The topological polar surface area (TPSA) is 12.9 Å². The summed E-state index contributed by atoms with van der Waals surface area (Å²) in [6, 6.07) is 17.6. The van der Waals surface area contributed by atoms with Crippen molar-refractivity contribution in [2.75, 3.05) is 0 Å². The zero-order valence-electron chi connectivity index (χ0n) is 14.6. The zero-order valence-corrected chi connectivity index (χ0v) is 14.6. The molecule has 0 aliphatic heterocycles. The molecule has 0 spiro atoms. The molecule has 0 radical (unpaired) electrons. The minimum atomic E-state index is 1.08. The molecule has 0 N–H and O–H groups in total. The van der Waals surface area contributed by atoms with Crippen LogP contribution in [0, 0.1) is 27.7 Å². The third kappa shape index (κ3) is 2.28. The number of benzene rings is 3. The molecule has 0 fully saturated rings. The van der Waals surface area contributed by atoms with Crippen LogP contribution in [0.15, 0.2) is 54.7 Å². The third-order valence-corrected chi connectivity index (χ3v) is 4.79. The molecule has 0 aliphatic carbocycles. The second-order valence-corrected chi connectivity index (χ2v) is 6.82. The Kier molecular flexibility index (Phi) is 3.38. The van der Waals surface area contributed by atoms with E-state index >= 15 is 0 Å². The lowest BCUT2D eigenvalue weighted by atomic mass is 9.92. The van der Waals surface area contributed by atoms with E-state index in [4.69, 9.17) is 4.98 Å². The highest BCUT2D eigenvalue weighted by atomic mass is 14.7. The molecular weight excluding hydrogens is 290 g/mol. The Balaban J connectivity index is 2.20. The first kappa shape index (κ1) is 14.9. The number of nitrogens with zero attached hydrogens (tertiary/aromatic N) is 1. The summed E-state index contributed by atoms with van der Waals surface area (Å²) in [4.78, 5) is 4.77. The molecule has 0 saturated heterocycles. The Bertz CT molecular complexity index is 1070. The lowest BCUT2D eigenvalue weighted by molar-refractivity contribution is 1.33. The van der Waals surface area contributed by atoms with Gasteiger partial charge in [-0.1, -0.05) is 41.5 Å². The summed E-state index contributed by atoms with van der Waals surface area (Å²) in [5, 5.41) is 5.16. The minimum absolute atomic E-state index is 1.08. The summed E-state index contributed by atoms with van der Waals surface area (Å²) in [5.41, 5.74) is 7.47. The maximum absolute atomic E-state index is 4.77. The fourth-order valence-electron chi connectivity index (χ4n) is 3.92. The quantitative estimate of drug-likeness (QED) is 0.376. The van der Waals surface area contributed by atoms with Gasteiger partial charge in [-0.3, -0.25) is 4.98 Å². The predicted octanol–water partition coefficient (Wildman–Crippen LogP) is 6.29. The second kappa shape index (κ2) is 5.45. The number of hydrogen-bond donors (Lipinski definition) is 0. The predicted molar refractivity (Wildman–Crippen MR) is 104 cm³/mol. The number of hydrogen-bond acceptors (Lipinski definition) is 1. The van der Waals surface area contributed by atoms with Gasteiger partial charge in [-0.15, -0.1) is 0 Å². The van der Waals surface area contributed by atoms with E-state index in [1.165, 1.54) is 49.4 Å². The smallest absolute Gasteiger partial charge is 0.0786 e. The molecule has 1 heteroatoms. The van der Waals surface area contributed by atoms with Crippen molar-refractivity contribution < 1.29 is 0 Å². The first-order valence-corrected chi connectivity index (χ1v) is 8.41. The Morgan fingerprint density at radius 3 is 2.21 bits per heavy atom. The summed E-state index contributed by atoms with van der Waals surface area (Å²) in [5.74, 6) is 0. The average Bonchev–Trinajstić information content (AvgIpc) is 2.53. The normalized spacial score (nSPS) is 11.3. The number of pyridine rings is 1. The summed E-state index contributed by atoms with van der Waals surface area (Å²) in [6.45, 7) is 8.68. The maximum atomic E-state index is 4.77. The highest BCUT2D eigenvalue weighted by Crippen LogP contribution is 2.36. The van der Waals surface area contributed by atoms with Gasteiger partial charge in [0.2, 0.25) is 0 Å². The molecule has 0 aliphatic rings. The largest absolute Gasteiger partial charge is 0.256 e. The van der Waals surface area contributed by atoms with Crippen molar-refractivity contribution in [3.63, 3.8) is 0 Å². The van der Waals surface area contributed by atoms with E-state index in [1.807, 2.05) is 6.20 Å². The van der Waals surface area contributed by atoms with E-state index in [-0.39, 0.29) is 0 Å². The Morgan fingerprint density at radius 2 is 1.46 bits per heavy atom. The van der Waals surface area contributed by atoms with Crippen LogP contribution in [0.3, 0.4) is 0 Å². The van der Waals surface area contributed by atoms with Crippen molar-refractivity contribution in [2.45, 2.75) is 27.7 Å². The van der Waals surface area contributed by atoms with Gasteiger partial charge in [0.15, 0.2) is 0 Å². The van der Waals surface area contributed by atoms with Crippen molar-refractivity contribution in [1.29, 1.82) is 0 Å². The van der Waals surface area contributed by atoms with Gasteiger partial charge in [-0.2, -0.15) is 0 Å². The van der Waals surface area contributed by atoms with Crippen LogP contribution in [-0.4, -0.2) is 4.98 Å². The van der Waals surface area contributed by atoms with Gasteiger partial charge < -0.3 is 0 Å². The van der Waals surface area contributed by atoms with Gasteiger partial charge in [-0.25, -0.2) is 0 Å². The third-order valence-electron chi connectivity index (χ3n) is 4.79. The monoisotopic (exact) mass is 311 g/mol. The van der Waals surface area contributed by atoms with Crippen LogP contribution in [0.2, 0.25) is 0 Å². The minimum Gasteiger partial charge on any atom is -0.256 e. The van der Waals surface area contributed by atoms with Crippen molar-refractivity contribution in [3.05, 3.63) is 77.0 Å². The van der Waals surface area contributed by atoms with Crippen LogP contribution < -0.4 is 0 Å². The van der Waals surface area contributed by atoms with Gasteiger partial charge in [0.05, 0.1) is 5.69 Å². The molecule has 118 valence electrons. The molecular formula is C23H21N. The van der Waals surface area contributed by atoms with Crippen LogP contribution in [0.5, 0.6) is 0 Å². The molecule has 0 amide bonds. The standard InChI is InChI=1S/C23H21N/c1-14-10-15(2)12-19(11-14)23-22-18(8-9-24-23)13-17(4)21-16(3)6-5-7-20(21)22/h5-13H,1-4H3. The Morgan fingerprint density at radius 1 is 0.708 bits per heavy atom. The van der Waals surface area contributed by atoms with Gasteiger partial charge in [0.25, 0.3) is 0 Å². The van der Waals surface area contributed by atoms with Crippen molar-refractivity contribution in [3.8, 4) is 11.3 Å². The molecule has 0 atom stereocenters. The van der Waals surface area contributed by atoms with Crippen LogP contribution in [0.25, 0.3) is 32.8 Å². The molecule has 0 saturated carbocycles. The fourth-order valence-corrected chi connectivity index (χ4v) is 3.92. The second-order valence-electron chi connectivity index (χ2n) is 6.82. The highest BCUT2D eigenvalue weighted by Gasteiger charge is 2.12. The lowest BCUT2D eigenvalue weighted by Gasteiger charge is -2.14. The van der Waals surface area contributed by atoms with Gasteiger partial charge in [-0.05, 0) is 73.2 Å². The molecule has 0 unspecified atom stereocenters. The highest BCUT2D eigenvalue weighted by molar-refractivity contribution is 6.15. The van der Waals surface area contributed by atoms with E-state index in [0.717, 1.165) is 5.69 Å². The fraction of sp³-hybridized carbons (Fsp3) is 0.174. The van der Waals surface area contributed by atoms with Gasteiger partial charge in [0, 0.05) is 17.1 Å². The number of fused-ring (bicyclic) bond motifs is 3. The van der Waals surface area contributed by atoms with E-state index in [0.29, 0.717) is 0 Å². The zero-order chi connectivity index (χ0) is 16.8. The molecule has 0 bridgehead atoms. The van der Waals surface area contributed by atoms with E-state index < -0.39 is 0 Å². The molecule has 4 rings (SSSR count). The van der Waals surface area contributed by atoms with Crippen LogP contribution in [0.1, 0.15) is 22.3 Å². The Labute approximate surface area is 143 Å². The van der Waals surface area contributed by atoms with Gasteiger partial charge >= 0.3 is 0 Å².